The fourth-order valence-corrected chi connectivity index (χ4v) is 3.86. The van der Waals surface area contributed by atoms with Gasteiger partial charge >= 0.3 is 12.1 Å². The predicted octanol–water partition coefficient (Wildman–Crippen LogP) is 3.76. The summed E-state index contributed by atoms with van der Waals surface area (Å²) in [4.78, 5) is 36.3. The van der Waals surface area contributed by atoms with E-state index in [9.17, 15) is 14.0 Å². The first kappa shape index (κ1) is 23.9. The van der Waals surface area contributed by atoms with Gasteiger partial charge in [-0.15, -0.1) is 0 Å². The lowest BCUT2D eigenvalue weighted by Crippen LogP contribution is -2.50. The van der Waals surface area contributed by atoms with Crippen LogP contribution in [0.3, 0.4) is 0 Å². The Kier molecular flexibility index (Phi) is 7.36. The summed E-state index contributed by atoms with van der Waals surface area (Å²) in [6.07, 6.45) is 3.21. The molecule has 2 aromatic heterocycles. The summed E-state index contributed by atoms with van der Waals surface area (Å²) in [6, 6.07) is 9.91. The Morgan fingerprint density at radius 2 is 1.80 bits per heavy atom. The molecule has 11 heteroatoms. The number of urea groups is 2. The number of carbonyl (C=O) groups excluding carboxylic acids is 2. The lowest BCUT2D eigenvalue weighted by atomic mass is 10.1. The highest BCUT2D eigenvalue weighted by molar-refractivity contribution is 6.01. The number of hydrogen-bond donors (Lipinski definition) is 4. The number of para-hydroxylation sites is 1. The Labute approximate surface area is 201 Å². The van der Waals surface area contributed by atoms with Crippen molar-refractivity contribution < 1.29 is 18.7 Å². The maximum Gasteiger partial charge on any atom is 0.323 e. The largest absolute Gasteiger partial charge is 0.492 e. The number of pyridine rings is 2. The summed E-state index contributed by atoms with van der Waals surface area (Å²) in [5, 5.41) is 11.5. The quantitative estimate of drug-likeness (QED) is 0.442. The van der Waals surface area contributed by atoms with Gasteiger partial charge in [0.25, 0.3) is 0 Å². The summed E-state index contributed by atoms with van der Waals surface area (Å²) in [6.45, 7) is 3.36. The van der Waals surface area contributed by atoms with Gasteiger partial charge in [-0.3, -0.25) is 10.3 Å². The van der Waals surface area contributed by atoms with E-state index >= 15 is 0 Å². The average molecular weight is 480 g/mol. The summed E-state index contributed by atoms with van der Waals surface area (Å²) in [5.41, 5.74) is 1.95. The molecule has 4 rings (SSSR count). The molecule has 1 fully saturated rings. The number of hydrogen-bond acceptors (Lipinski definition) is 6. The van der Waals surface area contributed by atoms with E-state index in [2.05, 4.69) is 31.2 Å². The zero-order chi connectivity index (χ0) is 24.8. The molecule has 1 atom stereocenters. The van der Waals surface area contributed by atoms with Crippen LogP contribution in [0.25, 0.3) is 0 Å². The van der Waals surface area contributed by atoms with Crippen LogP contribution in [-0.2, 0) is 0 Å². The maximum atomic E-state index is 14.0. The first-order valence-electron chi connectivity index (χ1n) is 11.0. The van der Waals surface area contributed by atoms with Gasteiger partial charge in [-0.1, -0.05) is 12.1 Å². The molecule has 0 aliphatic carbocycles. The maximum absolute atomic E-state index is 14.0. The van der Waals surface area contributed by atoms with Crippen molar-refractivity contribution in [2.24, 2.45) is 0 Å². The van der Waals surface area contributed by atoms with Crippen LogP contribution in [0.1, 0.15) is 17.3 Å². The Bertz CT molecular complexity index is 1220. The third-order valence-corrected chi connectivity index (χ3v) is 5.56. The molecule has 0 saturated carbocycles. The van der Waals surface area contributed by atoms with Crippen LogP contribution < -0.4 is 26.0 Å². The van der Waals surface area contributed by atoms with Crippen molar-refractivity contribution in [2.75, 3.05) is 42.7 Å². The molecular weight excluding hydrogens is 453 g/mol. The van der Waals surface area contributed by atoms with Crippen LogP contribution >= 0.6 is 0 Å². The average Bonchev–Trinajstić information content (AvgIpc) is 2.86. The second kappa shape index (κ2) is 10.8. The van der Waals surface area contributed by atoms with Crippen LogP contribution in [-0.4, -0.2) is 53.7 Å². The van der Waals surface area contributed by atoms with Crippen molar-refractivity contribution in [1.29, 1.82) is 0 Å². The molecule has 3 heterocycles. The van der Waals surface area contributed by atoms with E-state index in [1.807, 2.05) is 13.0 Å². The minimum Gasteiger partial charge on any atom is -0.492 e. The van der Waals surface area contributed by atoms with Gasteiger partial charge in [-0.05, 0) is 42.8 Å². The van der Waals surface area contributed by atoms with E-state index in [0.717, 1.165) is 5.56 Å². The molecule has 35 heavy (non-hydrogen) atoms. The normalized spacial score (nSPS) is 15.3. The van der Waals surface area contributed by atoms with Gasteiger partial charge in [0.15, 0.2) is 11.6 Å². The molecule has 10 nitrogen and oxygen atoms in total. The molecule has 0 radical (unpaired) electrons. The van der Waals surface area contributed by atoms with Crippen molar-refractivity contribution in [3.8, 4) is 5.75 Å². The second-order valence-electron chi connectivity index (χ2n) is 7.85. The van der Waals surface area contributed by atoms with Crippen LogP contribution in [0.2, 0.25) is 0 Å². The molecule has 1 saturated heterocycles. The van der Waals surface area contributed by atoms with Gasteiger partial charge in [0.05, 0.1) is 30.2 Å². The second-order valence-corrected chi connectivity index (χ2v) is 7.85. The molecule has 0 unspecified atom stereocenters. The number of methoxy groups -OCH3 is 1. The first-order valence-corrected chi connectivity index (χ1v) is 11.0. The number of amides is 4. The summed E-state index contributed by atoms with van der Waals surface area (Å²) in [7, 11) is 1.32. The molecule has 4 amide bonds. The first-order chi connectivity index (χ1) is 17.0. The van der Waals surface area contributed by atoms with Crippen molar-refractivity contribution in [3.63, 3.8) is 0 Å². The number of nitrogens with zero attached hydrogens (tertiary/aromatic N) is 3. The van der Waals surface area contributed by atoms with Gasteiger partial charge in [-0.25, -0.2) is 19.0 Å². The highest BCUT2D eigenvalue weighted by Crippen LogP contribution is 2.30. The molecular formula is C24H26FN7O3. The zero-order valence-electron chi connectivity index (χ0n) is 19.3. The third kappa shape index (κ3) is 5.46. The molecule has 182 valence electrons. The smallest absolute Gasteiger partial charge is 0.323 e. The van der Waals surface area contributed by atoms with Crippen molar-refractivity contribution in [1.82, 2.24) is 20.2 Å². The SMILES string of the molecule is COc1c(F)cccc1NC(=O)Nc1cccnc1[C@@H]1CNCCN1C(=O)Nc1ncccc1C. The van der Waals surface area contributed by atoms with Crippen LogP contribution in [0.4, 0.5) is 31.2 Å². The van der Waals surface area contributed by atoms with Crippen LogP contribution in [0.5, 0.6) is 5.75 Å². The standard InChI is InChI=1S/C24H26FN7O3/c1-15-6-4-11-28-22(15)31-24(34)32-13-12-26-14-19(32)20-17(9-5-10-27-20)29-23(33)30-18-8-3-7-16(25)21(18)35-2/h3-11,19,26H,12-14H2,1-2H3,(H,28,31,34)(H2,29,30,33)/t19-/m0/s1. The van der Waals surface area contributed by atoms with Gasteiger partial charge in [0.2, 0.25) is 0 Å². The zero-order valence-corrected chi connectivity index (χ0v) is 19.3. The number of carbonyl (C=O) groups is 2. The Morgan fingerprint density at radius 3 is 2.60 bits per heavy atom. The Hall–Kier alpha value is -4.25. The number of ether oxygens (including phenoxy) is 1. The fraction of sp³-hybridized carbons (Fsp3) is 0.250. The van der Waals surface area contributed by atoms with Gasteiger partial charge in [-0.2, -0.15) is 0 Å². The monoisotopic (exact) mass is 479 g/mol. The number of aromatic nitrogens is 2. The minimum absolute atomic E-state index is 0.0711. The van der Waals surface area contributed by atoms with Crippen LogP contribution in [0, 0.1) is 12.7 Å². The number of anilines is 3. The summed E-state index contributed by atoms with van der Waals surface area (Å²) in [5.74, 6) is -0.179. The van der Waals surface area contributed by atoms with E-state index in [1.165, 1.54) is 25.3 Å². The lowest BCUT2D eigenvalue weighted by molar-refractivity contribution is 0.169. The molecule has 1 aliphatic rings. The molecule has 4 N–H and O–H groups in total. The molecule has 0 spiro atoms. The Morgan fingerprint density at radius 1 is 1.06 bits per heavy atom. The minimum atomic E-state index is -0.605. The Balaban J connectivity index is 1.54. The van der Waals surface area contributed by atoms with Crippen molar-refractivity contribution >= 4 is 29.3 Å². The van der Waals surface area contributed by atoms with Gasteiger partial charge in [0, 0.05) is 32.0 Å². The molecule has 0 bridgehead atoms. The summed E-state index contributed by atoms with van der Waals surface area (Å²) < 4.78 is 19.0. The number of nitrogens with one attached hydrogen (secondary N) is 4. The lowest BCUT2D eigenvalue weighted by Gasteiger charge is -2.36. The topological polar surface area (TPSA) is 121 Å². The number of halogens is 1. The number of rotatable bonds is 5. The molecule has 3 aromatic rings. The van der Waals surface area contributed by atoms with Crippen LogP contribution in [0.15, 0.2) is 54.9 Å². The summed E-state index contributed by atoms with van der Waals surface area (Å²) >= 11 is 0. The third-order valence-electron chi connectivity index (χ3n) is 5.56. The van der Waals surface area contributed by atoms with Gasteiger partial charge in [0.1, 0.15) is 5.82 Å². The predicted molar refractivity (Wildman–Crippen MR) is 130 cm³/mol. The molecule has 1 aliphatic heterocycles. The van der Waals surface area contributed by atoms with E-state index in [-0.39, 0.29) is 17.5 Å². The van der Waals surface area contributed by atoms with E-state index in [1.54, 1.807) is 35.5 Å². The molecule has 1 aromatic carbocycles. The van der Waals surface area contributed by atoms with Crippen molar-refractivity contribution in [2.45, 2.75) is 13.0 Å². The van der Waals surface area contributed by atoms with E-state index in [4.69, 9.17) is 4.74 Å². The van der Waals surface area contributed by atoms with Crippen molar-refractivity contribution in [3.05, 3.63) is 71.9 Å². The van der Waals surface area contributed by atoms with E-state index < -0.39 is 17.9 Å². The highest BCUT2D eigenvalue weighted by atomic mass is 19.1. The number of piperazine rings is 1. The van der Waals surface area contributed by atoms with E-state index in [0.29, 0.717) is 36.8 Å². The fourth-order valence-electron chi connectivity index (χ4n) is 3.86. The van der Waals surface area contributed by atoms with Gasteiger partial charge < -0.3 is 25.6 Å². The number of benzene rings is 1. The highest BCUT2D eigenvalue weighted by Gasteiger charge is 2.31. The number of aryl methyl sites for hydroxylation is 1.